The molecular weight excluding hydrogens is 206 g/mol. The van der Waals surface area contributed by atoms with Crippen LogP contribution < -0.4 is 5.32 Å². The number of nitrogens with one attached hydrogen (secondary N) is 1. The van der Waals surface area contributed by atoms with Crippen molar-refractivity contribution in [2.24, 2.45) is 5.92 Å². The van der Waals surface area contributed by atoms with Gasteiger partial charge in [0, 0.05) is 5.92 Å². The number of carbonyl (C=O) groups is 2. The fourth-order valence-corrected chi connectivity index (χ4v) is 1.81. The molecule has 1 heterocycles. The van der Waals surface area contributed by atoms with Crippen molar-refractivity contribution in [1.82, 2.24) is 5.32 Å². The normalized spacial score (nSPS) is 18.2. The second kappa shape index (κ2) is 5.43. The van der Waals surface area contributed by atoms with E-state index in [1.54, 1.807) is 20.8 Å². The zero-order chi connectivity index (χ0) is 12.2. The van der Waals surface area contributed by atoms with Crippen molar-refractivity contribution in [1.29, 1.82) is 0 Å². The molecule has 0 amide bonds. The molecule has 1 aliphatic heterocycles. The van der Waals surface area contributed by atoms with E-state index in [0.717, 1.165) is 25.9 Å². The summed E-state index contributed by atoms with van der Waals surface area (Å²) >= 11 is 0. The Morgan fingerprint density at radius 2 is 1.81 bits per heavy atom. The van der Waals surface area contributed by atoms with Gasteiger partial charge in [-0.25, -0.2) is 0 Å². The summed E-state index contributed by atoms with van der Waals surface area (Å²) < 4.78 is 5.12. The third-order valence-electron chi connectivity index (χ3n) is 2.53. The molecule has 0 spiro atoms. The number of piperidine rings is 1. The molecule has 1 rings (SSSR count). The maximum Gasteiger partial charge on any atom is 0.313 e. The number of ketones is 1. The smallest absolute Gasteiger partial charge is 0.313 e. The Kier molecular flexibility index (Phi) is 4.47. The van der Waals surface area contributed by atoms with Crippen molar-refractivity contribution in [3.8, 4) is 0 Å². The van der Waals surface area contributed by atoms with Gasteiger partial charge in [-0.3, -0.25) is 9.59 Å². The van der Waals surface area contributed by atoms with Crippen molar-refractivity contribution < 1.29 is 14.3 Å². The zero-order valence-electron chi connectivity index (χ0n) is 10.3. The van der Waals surface area contributed by atoms with Gasteiger partial charge in [0.15, 0.2) is 0 Å². The number of hydrogen-bond donors (Lipinski definition) is 1. The van der Waals surface area contributed by atoms with Crippen molar-refractivity contribution in [2.45, 2.75) is 45.6 Å². The fraction of sp³-hybridized carbons (Fsp3) is 0.833. The Labute approximate surface area is 96.7 Å². The van der Waals surface area contributed by atoms with Crippen molar-refractivity contribution >= 4 is 11.8 Å². The van der Waals surface area contributed by atoms with E-state index in [4.69, 9.17) is 4.74 Å². The van der Waals surface area contributed by atoms with Crippen LogP contribution in [0.15, 0.2) is 0 Å². The van der Waals surface area contributed by atoms with Crippen LogP contribution in [0.1, 0.15) is 40.0 Å². The number of carbonyl (C=O) groups excluding carboxylic acids is 2. The minimum absolute atomic E-state index is 0.0238. The first-order chi connectivity index (χ1) is 7.38. The molecule has 92 valence electrons. The van der Waals surface area contributed by atoms with E-state index in [-0.39, 0.29) is 18.1 Å². The number of esters is 1. The Bertz CT molecular complexity index is 262. The third kappa shape index (κ3) is 4.75. The molecule has 0 radical (unpaired) electrons. The minimum Gasteiger partial charge on any atom is -0.460 e. The first-order valence-electron chi connectivity index (χ1n) is 5.84. The van der Waals surface area contributed by atoms with Gasteiger partial charge in [0.2, 0.25) is 0 Å². The summed E-state index contributed by atoms with van der Waals surface area (Å²) in [5.74, 6) is -0.347. The lowest BCUT2D eigenvalue weighted by Gasteiger charge is -2.23. The van der Waals surface area contributed by atoms with Gasteiger partial charge < -0.3 is 10.1 Å². The number of hydrogen-bond acceptors (Lipinski definition) is 4. The van der Waals surface area contributed by atoms with Gasteiger partial charge in [-0.2, -0.15) is 0 Å². The Morgan fingerprint density at radius 1 is 1.25 bits per heavy atom. The molecule has 0 aliphatic carbocycles. The van der Waals surface area contributed by atoms with Gasteiger partial charge in [0.1, 0.15) is 17.8 Å². The van der Waals surface area contributed by atoms with E-state index in [2.05, 4.69) is 5.32 Å². The van der Waals surface area contributed by atoms with Gasteiger partial charge in [0.25, 0.3) is 0 Å². The maximum atomic E-state index is 11.8. The minimum atomic E-state index is -0.508. The quantitative estimate of drug-likeness (QED) is 0.583. The van der Waals surface area contributed by atoms with Crippen LogP contribution in [-0.4, -0.2) is 30.4 Å². The first kappa shape index (κ1) is 13.2. The molecule has 4 heteroatoms. The molecule has 16 heavy (non-hydrogen) atoms. The molecule has 1 saturated heterocycles. The van der Waals surface area contributed by atoms with Crippen molar-refractivity contribution in [3.05, 3.63) is 0 Å². The van der Waals surface area contributed by atoms with Crippen LogP contribution in [0, 0.1) is 5.92 Å². The zero-order valence-corrected chi connectivity index (χ0v) is 10.3. The topological polar surface area (TPSA) is 55.4 Å². The fourth-order valence-electron chi connectivity index (χ4n) is 1.81. The summed E-state index contributed by atoms with van der Waals surface area (Å²) in [5, 5.41) is 3.19. The molecule has 0 aromatic carbocycles. The summed E-state index contributed by atoms with van der Waals surface area (Å²) in [6.07, 6.45) is 1.59. The monoisotopic (exact) mass is 227 g/mol. The highest BCUT2D eigenvalue weighted by atomic mass is 16.6. The number of ether oxygens (including phenoxy) is 1. The van der Waals surface area contributed by atoms with E-state index in [1.165, 1.54) is 0 Å². The van der Waals surface area contributed by atoms with Gasteiger partial charge in [-0.15, -0.1) is 0 Å². The molecule has 0 atom stereocenters. The summed E-state index contributed by atoms with van der Waals surface area (Å²) in [4.78, 5) is 23.2. The molecular formula is C12H21NO3. The Morgan fingerprint density at radius 3 is 2.31 bits per heavy atom. The average molecular weight is 227 g/mol. The number of rotatable bonds is 3. The molecule has 4 nitrogen and oxygen atoms in total. The molecule has 1 N–H and O–H groups in total. The third-order valence-corrected chi connectivity index (χ3v) is 2.53. The molecule has 1 fully saturated rings. The van der Waals surface area contributed by atoms with Gasteiger partial charge in [-0.1, -0.05) is 0 Å². The largest absolute Gasteiger partial charge is 0.460 e. The van der Waals surface area contributed by atoms with Crippen LogP contribution in [0.3, 0.4) is 0 Å². The van der Waals surface area contributed by atoms with Crippen molar-refractivity contribution in [3.63, 3.8) is 0 Å². The van der Waals surface area contributed by atoms with E-state index in [1.807, 2.05) is 0 Å². The number of Topliss-reactive ketones (excluding diaryl/α,β-unsaturated/α-hetero) is 1. The highest BCUT2D eigenvalue weighted by molar-refractivity contribution is 5.96. The first-order valence-corrected chi connectivity index (χ1v) is 5.84. The van der Waals surface area contributed by atoms with Crippen LogP contribution in [-0.2, 0) is 14.3 Å². The van der Waals surface area contributed by atoms with Crippen LogP contribution in [0.5, 0.6) is 0 Å². The van der Waals surface area contributed by atoms with Crippen molar-refractivity contribution in [2.75, 3.05) is 13.1 Å². The predicted molar refractivity (Wildman–Crippen MR) is 61.1 cm³/mol. The van der Waals surface area contributed by atoms with Gasteiger partial charge in [-0.05, 0) is 46.7 Å². The summed E-state index contributed by atoms with van der Waals surface area (Å²) in [6, 6.07) is 0. The maximum absolute atomic E-state index is 11.8. The standard InChI is InChI=1S/C12H21NO3/c1-12(2,3)16-11(15)8-10(14)9-4-6-13-7-5-9/h9,13H,4-8H2,1-3H3. The highest BCUT2D eigenvalue weighted by Gasteiger charge is 2.25. The lowest BCUT2D eigenvalue weighted by molar-refractivity contribution is -0.156. The second-order valence-corrected chi connectivity index (χ2v) is 5.25. The Balaban J connectivity index is 2.35. The summed E-state index contributed by atoms with van der Waals surface area (Å²) in [7, 11) is 0. The molecule has 0 aromatic rings. The van der Waals surface area contributed by atoms with Crippen LogP contribution in [0.4, 0.5) is 0 Å². The van der Waals surface area contributed by atoms with E-state index in [9.17, 15) is 9.59 Å². The average Bonchev–Trinajstić information content (AvgIpc) is 2.16. The van der Waals surface area contributed by atoms with Gasteiger partial charge in [0.05, 0.1) is 0 Å². The van der Waals surface area contributed by atoms with E-state index >= 15 is 0 Å². The molecule has 0 bridgehead atoms. The van der Waals surface area contributed by atoms with Gasteiger partial charge >= 0.3 is 5.97 Å². The lowest BCUT2D eigenvalue weighted by atomic mass is 9.92. The van der Waals surface area contributed by atoms with E-state index < -0.39 is 11.6 Å². The van der Waals surface area contributed by atoms with Crippen LogP contribution >= 0.6 is 0 Å². The molecule has 0 unspecified atom stereocenters. The summed E-state index contributed by atoms with van der Waals surface area (Å²) in [5.41, 5.74) is -0.508. The van der Waals surface area contributed by atoms with Crippen LogP contribution in [0.25, 0.3) is 0 Å². The molecule has 1 aliphatic rings. The van der Waals surface area contributed by atoms with E-state index in [0.29, 0.717) is 0 Å². The second-order valence-electron chi connectivity index (χ2n) is 5.25. The van der Waals surface area contributed by atoms with Crippen LogP contribution in [0.2, 0.25) is 0 Å². The predicted octanol–water partition coefficient (Wildman–Crippen LogP) is 1.29. The SMILES string of the molecule is CC(C)(C)OC(=O)CC(=O)C1CCNCC1. The summed E-state index contributed by atoms with van der Waals surface area (Å²) in [6.45, 7) is 7.15. The highest BCUT2D eigenvalue weighted by Crippen LogP contribution is 2.16. The Hall–Kier alpha value is -0.900. The molecule has 0 aromatic heterocycles. The molecule has 0 saturated carbocycles. The lowest BCUT2D eigenvalue weighted by Crippen LogP contribution is -2.33.